The van der Waals surface area contributed by atoms with Gasteiger partial charge >= 0.3 is 0 Å². The fourth-order valence-corrected chi connectivity index (χ4v) is 4.57. The first-order valence-electron chi connectivity index (χ1n) is 9.29. The molecule has 0 radical (unpaired) electrons. The van der Waals surface area contributed by atoms with Crippen molar-refractivity contribution in [1.29, 1.82) is 0 Å². The van der Waals surface area contributed by atoms with Gasteiger partial charge in [0, 0.05) is 47.6 Å². The summed E-state index contributed by atoms with van der Waals surface area (Å²) in [5, 5.41) is 9.88. The van der Waals surface area contributed by atoms with Crippen molar-refractivity contribution >= 4 is 29.1 Å². The highest BCUT2D eigenvalue weighted by Gasteiger charge is 2.30. The molecule has 7 heteroatoms. The van der Waals surface area contributed by atoms with Crippen molar-refractivity contribution < 1.29 is 4.79 Å². The third-order valence-corrected chi connectivity index (χ3v) is 5.76. The number of hydrogen-bond donors (Lipinski definition) is 0. The number of rotatable bonds is 2. The zero-order valence-electron chi connectivity index (χ0n) is 14.6. The Kier molecular flexibility index (Phi) is 5.18. The molecule has 1 aromatic carbocycles. The number of aromatic nitrogens is 3. The average molecular weight is 393 g/mol. The number of benzene rings is 1. The van der Waals surface area contributed by atoms with Gasteiger partial charge in [-0.05, 0) is 43.9 Å². The van der Waals surface area contributed by atoms with Crippen LogP contribution in [-0.4, -0.2) is 38.7 Å². The van der Waals surface area contributed by atoms with E-state index in [0.29, 0.717) is 22.2 Å². The Morgan fingerprint density at radius 2 is 1.81 bits per heavy atom. The van der Waals surface area contributed by atoms with Crippen molar-refractivity contribution in [3.05, 3.63) is 45.5 Å². The zero-order valence-corrected chi connectivity index (χ0v) is 16.1. The Morgan fingerprint density at radius 3 is 2.62 bits per heavy atom. The van der Waals surface area contributed by atoms with E-state index in [2.05, 4.69) is 14.8 Å². The Morgan fingerprint density at radius 1 is 1.00 bits per heavy atom. The first-order valence-corrected chi connectivity index (χ1v) is 10.0. The number of piperidine rings is 1. The zero-order chi connectivity index (χ0) is 18.1. The molecule has 4 rings (SSSR count). The molecular weight excluding hydrogens is 371 g/mol. The molecule has 26 heavy (non-hydrogen) atoms. The summed E-state index contributed by atoms with van der Waals surface area (Å²) in [6.07, 6.45) is 6.61. The quantitative estimate of drug-likeness (QED) is 0.763. The maximum Gasteiger partial charge on any atom is 0.253 e. The lowest BCUT2D eigenvalue weighted by atomic mass is 9.96. The van der Waals surface area contributed by atoms with Crippen LogP contribution >= 0.6 is 23.2 Å². The van der Waals surface area contributed by atoms with E-state index in [4.69, 9.17) is 23.2 Å². The maximum atomic E-state index is 12.9. The summed E-state index contributed by atoms with van der Waals surface area (Å²) in [6, 6.07) is 5.01. The van der Waals surface area contributed by atoms with Crippen LogP contribution in [0.4, 0.5) is 0 Å². The number of amides is 1. The highest BCUT2D eigenvalue weighted by molar-refractivity contribution is 6.35. The molecule has 0 aliphatic carbocycles. The topological polar surface area (TPSA) is 51.0 Å². The standard InChI is InChI=1S/C19H22Cl2N4O/c20-15-9-14(10-16(21)11-15)19(26)24-7-4-5-13(12-24)18-23-22-17-6-2-1-3-8-25(17)18/h9-11,13H,1-8,12H2. The second-order valence-electron chi connectivity index (χ2n) is 7.19. The monoisotopic (exact) mass is 392 g/mol. The van der Waals surface area contributed by atoms with Crippen LogP contribution in [0.3, 0.4) is 0 Å². The first-order chi connectivity index (χ1) is 12.6. The van der Waals surface area contributed by atoms with E-state index < -0.39 is 0 Å². The lowest BCUT2D eigenvalue weighted by molar-refractivity contribution is 0.0703. The maximum absolute atomic E-state index is 12.9. The number of aryl methyl sites for hydroxylation is 1. The van der Waals surface area contributed by atoms with Gasteiger partial charge in [-0.1, -0.05) is 29.6 Å². The largest absolute Gasteiger partial charge is 0.338 e. The lowest BCUT2D eigenvalue weighted by Gasteiger charge is -2.32. The molecule has 0 saturated carbocycles. The number of likely N-dealkylation sites (tertiary alicyclic amines) is 1. The van der Waals surface area contributed by atoms with Crippen LogP contribution in [0.5, 0.6) is 0 Å². The Bertz CT molecular complexity index is 800. The van der Waals surface area contributed by atoms with Gasteiger partial charge in [-0.25, -0.2) is 0 Å². The highest BCUT2D eigenvalue weighted by Crippen LogP contribution is 2.29. The van der Waals surface area contributed by atoms with Crippen LogP contribution in [0.2, 0.25) is 10.0 Å². The average Bonchev–Trinajstić information content (AvgIpc) is 2.89. The number of nitrogens with zero attached hydrogens (tertiary/aromatic N) is 4. The summed E-state index contributed by atoms with van der Waals surface area (Å²) >= 11 is 12.1. The highest BCUT2D eigenvalue weighted by atomic mass is 35.5. The Hall–Kier alpha value is -1.59. The molecule has 1 saturated heterocycles. The SMILES string of the molecule is O=C(c1cc(Cl)cc(Cl)c1)N1CCCC(c2nnc3n2CCCCC3)C1. The molecule has 2 aliphatic heterocycles. The van der Waals surface area contributed by atoms with Gasteiger partial charge < -0.3 is 9.47 Å². The van der Waals surface area contributed by atoms with Crippen LogP contribution in [0.15, 0.2) is 18.2 Å². The summed E-state index contributed by atoms with van der Waals surface area (Å²) in [7, 11) is 0. The molecule has 1 fully saturated rings. The molecule has 3 heterocycles. The molecule has 0 N–H and O–H groups in total. The van der Waals surface area contributed by atoms with Gasteiger partial charge in [-0.2, -0.15) is 0 Å². The molecule has 1 unspecified atom stereocenters. The third-order valence-electron chi connectivity index (χ3n) is 5.32. The van der Waals surface area contributed by atoms with Crippen LogP contribution in [0.25, 0.3) is 0 Å². The minimum Gasteiger partial charge on any atom is -0.338 e. The van der Waals surface area contributed by atoms with Crippen molar-refractivity contribution in [3.8, 4) is 0 Å². The second-order valence-corrected chi connectivity index (χ2v) is 8.06. The summed E-state index contributed by atoms with van der Waals surface area (Å²) in [5.74, 6) is 2.36. The Labute approximate surface area is 163 Å². The molecule has 2 aromatic rings. The molecular formula is C19H22Cl2N4O. The molecule has 2 aliphatic rings. The molecule has 0 spiro atoms. The summed E-state index contributed by atoms with van der Waals surface area (Å²) in [5.41, 5.74) is 0.545. The van der Waals surface area contributed by atoms with Crippen molar-refractivity contribution in [3.63, 3.8) is 0 Å². The summed E-state index contributed by atoms with van der Waals surface area (Å²) in [6.45, 7) is 2.41. The predicted molar refractivity (Wildman–Crippen MR) is 102 cm³/mol. The molecule has 1 amide bonds. The minimum atomic E-state index is -0.0188. The van der Waals surface area contributed by atoms with E-state index >= 15 is 0 Å². The van der Waals surface area contributed by atoms with Gasteiger partial charge in [-0.3, -0.25) is 4.79 Å². The summed E-state index contributed by atoms with van der Waals surface area (Å²) < 4.78 is 2.29. The van der Waals surface area contributed by atoms with E-state index in [0.717, 1.165) is 44.0 Å². The van der Waals surface area contributed by atoms with Crippen LogP contribution in [-0.2, 0) is 13.0 Å². The number of fused-ring (bicyclic) bond motifs is 1. The summed E-state index contributed by atoms with van der Waals surface area (Å²) in [4.78, 5) is 14.8. The Balaban J connectivity index is 1.54. The van der Waals surface area contributed by atoms with Crippen molar-refractivity contribution in [2.45, 2.75) is 51.0 Å². The van der Waals surface area contributed by atoms with E-state index in [1.807, 2.05) is 4.90 Å². The fourth-order valence-electron chi connectivity index (χ4n) is 4.04. The van der Waals surface area contributed by atoms with Gasteiger partial charge in [0.25, 0.3) is 5.91 Å². The van der Waals surface area contributed by atoms with Crippen LogP contribution < -0.4 is 0 Å². The number of carbonyl (C=O) groups excluding carboxylic acids is 1. The number of halogens is 2. The van der Waals surface area contributed by atoms with Crippen LogP contribution in [0, 0.1) is 0 Å². The van der Waals surface area contributed by atoms with Gasteiger partial charge in [0.2, 0.25) is 0 Å². The van der Waals surface area contributed by atoms with Gasteiger partial charge in [0.1, 0.15) is 11.6 Å². The van der Waals surface area contributed by atoms with Crippen molar-refractivity contribution in [2.75, 3.05) is 13.1 Å². The van der Waals surface area contributed by atoms with Crippen molar-refractivity contribution in [2.24, 2.45) is 0 Å². The molecule has 5 nitrogen and oxygen atoms in total. The molecule has 1 aromatic heterocycles. The first kappa shape index (κ1) is 17.8. The smallest absolute Gasteiger partial charge is 0.253 e. The number of carbonyl (C=O) groups is 1. The number of hydrogen-bond acceptors (Lipinski definition) is 3. The van der Waals surface area contributed by atoms with E-state index in [1.54, 1.807) is 18.2 Å². The second kappa shape index (κ2) is 7.57. The fraction of sp³-hybridized carbons (Fsp3) is 0.526. The molecule has 1 atom stereocenters. The minimum absolute atomic E-state index is 0.0188. The third kappa shape index (κ3) is 3.60. The normalized spacial score (nSPS) is 20.5. The van der Waals surface area contributed by atoms with Gasteiger partial charge in [0.15, 0.2) is 0 Å². The lowest BCUT2D eigenvalue weighted by Crippen LogP contribution is -2.39. The van der Waals surface area contributed by atoms with Gasteiger partial charge in [-0.15, -0.1) is 10.2 Å². The molecule has 0 bridgehead atoms. The van der Waals surface area contributed by atoms with Crippen molar-refractivity contribution in [1.82, 2.24) is 19.7 Å². The van der Waals surface area contributed by atoms with Crippen LogP contribution in [0.1, 0.15) is 60.0 Å². The van der Waals surface area contributed by atoms with Gasteiger partial charge in [0.05, 0.1) is 0 Å². The van der Waals surface area contributed by atoms with E-state index in [1.165, 1.54) is 19.3 Å². The van der Waals surface area contributed by atoms with E-state index in [9.17, 15) is 4.79 Å². The predicted octanol–water partition coefficient (Wildman–Crippen LogP) is 4.33. The molecule has 138 valence electrons. The van der Waals surface area contributed by atoms with E-state index in [-0.39, 0.29) is 11.8 Å².